The fraction of sp³-hybridized carbons (Fsp3) is 0.667. The van der Waals surface area contributed by atoms with Crippen molar-refractivity contribution in [1.82, 2.24) is 10.2 Å². The second kappa shape index (κ2) is 9.76. The minimum absolute atomic E-state index is 0.385. The Morgan fingerprint density at radius 2 is 1.96 bits per heavy atom. The Morgan fingerprint density at radius 1 is 1.30 bits per heavy atom. The summed E-state index contributed by atoms with van der Waals surface area (Å²) in [6.45, 7) is 5.95. The number of carbonyl (C=O) groups is 1. The first-order valence-electron chi connectivity index (χ1n) is 9.86. The first kappa shape index (κ1) is 22.0. The second-order valence-electron chi connectivity index (χ2n) is 8.54. The monoisotopic (exact) mass is 396 g/mol. The van der Waals surface area contributed by atoms with Crippen LogP contribution in [0.1, 0.15) is 58.4 Å². The van der Waals surface area contributed by atoms with Crippen molar-refractivity contribution in [2.75, 3.05) is 6.54 Å². The van der Waals surface area contributed by atoms with Crippen molar-refractivity contribution >= 4 is 17.7 Å². The van der Waals surface area contributed by atoms with E-state index in [0.29, 0.717) is 24.0 Å². The largest absolute Gasteiger partial charge is 0.465 e. The Labute approximate surface area is 167 Å². The highest BCUT2D eigenvalue weighted by molar-refractivity contribution is 6.30. The van der Waals surface area contributed by atoms with E-state index in [0.717, 1.165) is 18.4 Å². The van der Waals surface area contributed by atoms with Gasteiger partial charge in [0.1, 0.15) is 0 Å². The molecule has 3 N–H and O–H groups in total. The molecule has 0 aromatic heterocycles. The Morgan fingerprint density at radius 3 is 2.52 bits per heavy atom. The molecule has 1 aliphatic rings. The van der Waals surface area contributed by atoms with Gasteiger partial charge in [-0.15, -0.1) is 0 Å². The van der Waals surface area contributed by atoms with Gasteiger partial charge in [-0.3, -0.25) is 4.90 Å². The van der Waals surface area contributed by atoms with Gasteiger partial charge >= 0.3 is 6.09 Å². The standard InChI is InChI=1S/C21H33ClN2O3/c1-21(2,3)24(20(26)27)18(13-15-8-7-9-16(22)12-15)19(25)14-23-17-10-5-4-6-11-17/h7-9,12,17-19,23,25H,4-6,10-11,13-14H2,1-3H3,(H,26,27)/t18-,19+/m0/s1. The minimum atomic E-state index is -1.02. The van der Waals surface area contributed by atoms with Crippen LogP contribution in [-0.2, 0) is 6.42 Å². The number of carboxylic acid groups (broad SMARTS) is 1. The van der Waals surface area contributed by atoms with Gasteiger partial charge < -0.3 is 15.5 Å². The van der Waals surface area contributed by atoms with Crippen molar-refractivity contribution in [2.24, 2.45) is 0 Å². The van der Waals surface area contributed by atoms with E-state index in [4.69, 9.17) is 11.6 Å². The summed E-state index contributed by atoms with van der Waals surface area (Å²) in [5.41, 5.74) is 0.292. The first-order chi connectivity index (χ1) is 12.7. The summed E-state index contributed by atoms with van der Waals surface area (Å²) < 4.78 is 0. The maximum atomic E-state index is 12.0. The van der Waals surface area contributed by atoms with Crippen LogP contribution in [-0.4, -0.2) is 51.5 Å². The predicted octanol–water partition coefficient (Wildman–Crippen LogP) is 4.31. The van der Waals surface area contributed by atoms with Crippen molar-refractivity contribution in [2.45, 2.75) is 83.0 Å². The Bertz CT molecular complexity index is 612. The van der Waals surface area contributed by atoms with E-state index >= 15 is 0 Å². The average molecular weight is 397 g/mol. The number of amides is 1. The van der Waals surface area contributed by atoms with Crippen molar-refractivity contribution in [1.29, 1.82) is 0 Å². The quantitative estimate of drug-likeness (QED) is 0.642. The maximum Gasteiger partial charge on any atom is 0.408 e. The highest BCUT2D eigenvalue weighted by Gasteiger charge is 2.37. The number of nitrogens with zero attached hydrogens (tertiary/aromatic N) is 1. The molecule has 27 heavy (non-hydrogen) atoms. The lowest BCUT2D eigenvalue weighted by molar-refractivity contribution is 0.00649. The smallest absolute Gasteiger partial charge is 0.408 e. The summed E-state index contributed by atoms with van der Waals surface area (Å²) in [6, 6.07) is 7.25. The normalized spacial score (nSPS) is 18.1. The molecule has 1 aliphatic carbocycles. The molecule has 0 radical (unpaired) electrons. The third-order valence-corrected chi connectivity index (χ3v) is 5.49. The molecule has 1 fully saturated rings. The number of aliphatic hydroxyl groups is 1. The van der Waals surface area contributed by atoms with E-state index in [1.165, 1.54) is 24.2 Å². The van der Waals surface area contributed by atoms with Gasteiger partial charge in [0, 0.05) is 23.1 Å². The van der Waals surface area contributed by atoms with Gasteiger partial charge in [-0.2, -0.15) is 0 Å². The summed E-state index contributed by atoms with van der Waals surface area (Å²) in [4.78, 5) is 13.4. The van der Waals surface area contributed by atoms with Crippen LogP contribution in [0.15, 0.2) is 24.3 Å². The van der Waals surface area contributed by atoms with E-state index in [-0.39, 0.29) is 0 Å². The molecule has 2 atom stereocenters. The third-order valence-electron chi connectivity index (χ3n) is 5.26. The molecule has 1 amide bonds. The van der Waals surface area contributed by atoms with Crippen LogP contribution >= 0.6 is 11.6 Å². The van der Waals surface area contributed by atoms with Crippen LogP contribution in [0.4, 0.5) is 4.79 Å². The van der Waals surface area contributed by atoms with Crippen molar-refractivity contribution < 1.29 is 15.0 Å². The third kappa shape index (κ3) is 6.66. The van der Waals surface area contributed by atoms with Gasteiger partial charge in [-0.05, 0) is 57.7 Å². The Balaban J connectivity index is 2.17. The zero-order valence-corrected chi connectivity index (χ0v) is 17.4. The Kier molecular flexibility index (Phi) is 7.95. The molecule has 0 bridgehead atoms. The summed E-state index contributed by atoms with van der Waals surface area (Å²) in [7, 11) is 0. The minimum Gasteiger partial charge on any atom is -0.465 e. The molecule has 1 saturated carbocycles. The second-order valence-corrected chi connectivity index (χ2v) is 8.97. The number of hydrogen-bond donors (Lipinski definition) is 3. The van der Waals surface area contributed by atoms with Gasteiger partial charge in [0.15, 0.2) is 0 Å². The average Bonchev–Trinajstić information content (AvgIpc) is 2.58. The highest BCUT2D eigenvalue weighted by Crippen LogP contribution is 2.24. The van der Waals surface area contributed by atoms with Gasteiger partial charge in [-0.1, -0.05) is 43.0 Å². The fourth-order valence-corrected chi connectivity index (χ4v) is 4.17. The van der Waals surface area contributed by atoms with Gasteiger partial charge in [0.05, 0.1) is 12.1 Å². The number of halogens is 1. The number of rotatable bonds is 7. The fourth-order valence-electron chi connectivity index (χ4n) is 3.96. The number of aliphatic hydroxyl groups excluding tert-OH is 1. The van der Waals surface area contributed by atoms with Gasteiger partial charge in [0.2, 0.25) is 0 Å². The van der Waals surface area contributed by atoms with E-state index in [1.807, 2.05) is 39.0 Å². The molecule has 0 heterocycles. The molecular formula is C21H33ClN2O3. The molecule has 6 heteroatoms. The zero-order chi connectivity index (χ0) is 20.0. The zero-order valence-electron chi connectivity index (χ0n) is 16.6. The van der Waals surface area contributed by atoms with Gasteiger partial charge in [0.25, 0.3) is 0 Å². The summed E-state index contributed by atoms with van der Waals surface area (Å²) in [5.74, 6) is 0. The van der Waals surface area contributed by atoms with Gasteiger partial charge in [-0.25, -0.2) is 4.79 Å². The molecule has 1 aromatic carbocycles. The van der Waals surface area contributed by atoms with Crippen LogP contribution in [0.25, 0.3) is 0 Å². The van der Waals surface area contributed by atoms with E-state index in [2.05, 4.69) is 5.32 Å². The van der Waals surface area contributed by atoms with Crippen LogP contribution in [0.5, 0.6) is 0 Å². The lowest BCUT2D eigenvalue weighted by Gasteiger charge is -2.42. The maximum absolute atomic E-state index is 12.0. The van der Waals surface area contributed by atoms with E-state index in [1.54, 1.807) is 6.07 Å². The lowest BCUT2D eigenvalue weighted by Crippen LogP contribution is -2.58. The molecule has 0 unspecified atom stereocenters. The molecule has 2 rings (SSSR count). The highest BCUT2D eigenvalue weighted by atomic mass is 35.5. The molecule has 0 saturated heterocycles. The molecule has 0 spiro atoms. The topological polar surface area (TPSA) is 72.8 Å². The molecule has 5 nitrogen and oxygen atoms in total. The van der Waals surface area contributed by atoms with Crippen molar-refractivity contribution in [3.8, 4) is 0 Å². The number of benzene rings is 1. The lowest BCUT2D eigenvalue weighted by atomic mass is 9.93. The number of hydrogen-bond acceptors (Lipinski definition) is 3. The SMILES string of the molecule is CC(C)(C)N(C(=O)O)[C@@H](Cc1cccc(Cl)c1)[C@H](O)CNC1CCCCC1. The van der Waals surface area contributed by atoms with Crippen LogP contribution in [0, 0.1) is 0 Å². The summed E-state index contributed by atoms with van der Waals surface area (Å²) in [6.07, 6.45) is 4.52. The molecule has 152 valence electrons. The van der Waals surface area contributed by atoms with E-state index < -0.39 is 23.8 Å². The van der Waals surface area contributed by atoms with Crippen molar-refractivity contribution in [3.05, 3.63) is 34.9 Å². The van der Waals surface area contributed by atoms with E-state index in [9.17, 15) is 15.0 Å². The molecule has 1 aromatic rings. The van der Waals surface area contributed by atoms with Crippen LogP contribution in [0.3, 0.4) is 0 Å². The van der Waals surface area contributed by atoms with Crippen LogP contribution in [0.2, 0.25) is 5.02 Å². The van der Waals surface area contributed by atoms with Crippen LogP contribution < -0.4 is 5.32 Å². The molecular weight excluding hydrogens is 364 g/mol. The first-order valence-corrected chi connectivity index (χ1v) is 10.2. The summed E-state index contributed by atoms with van der Waals surface area (Å²) in [5, 5.41) is 24.9. The molecule has 0 aliphatic heterocycles. The predicted molar refractivity (Wildman–Crippen MR) is 109 cm³/mol. The number of nitrogens with one attached hydrogen (secondary N) is 1. The summed E-state index contributed by atoms with van der Waals surface area (Å²) >= 11 is 6.10. The van der Waals surface area contributed by atoms with Crippen molar-refractivity contribution in [3.63, 3.8) is 0 Å². The Hall–Kier alpha value is -1.30.